The molecule has 0 fully saturated rings. The first-order valence-electron chi connectivity index (χ1n) is 6.52. The summed E-state index contributed by atoms with van der Waals surface area (Å²) >= 11 is 9.08. The van der Waals surface area contributed by atoms with Crippen LogP contribution in [0.4, 0.5) is 4.39 Å². The fourth-order valence-corrected chi connectivity index (χ4v) is 2.38. The summed E-state index contributed by atoms with van der Waals surface area (Å²) < 4.78 is 14.2. The Hall–Kier alpha value is -1.02. The number of carboxylic acid groups (broad SMARTS) is 1. The number of benzene rings is 1. The van der Waals surface area contributed by atoms with Crippen LogP contribution in [0, 0.1) is 5.82 Å². The number of Topliss-reactive ketones (excluding diaryl/α,β-unsaturated/α-hetero) is 1. The normalized spacial score (nSPS) is 14.0. The van der Waals surface area contributed by atoms with E-state index in [1.165, 1.54) is 24.1 Å². The molecule has 2 N–H and O–H groups in total. The zero-order chi connectivity index (χ0) is 17.0. The quantitative estimate of drug-likeness (QED) is 0.549. The summed E-state index contributed by atoms with van der Waals surface area (Å²) in [5.74, 6) is -1.82. The fourth-order valence-electron chi connectivity index (χ4n) is 1.74. The molecule has 1 aromatic rings. The van der Waals surface area contributed by atoms with Gasteiger partial charge in [0, 0.05) is 23.5 Å². The first kappa shape index (κ1) is 19.0. The maximum absolute atomic E-state index is 13.8. The number of carbonyl (C=O) groups is 2. The predicted molar refractivity (Wildman–Crippen MR) is 85.3 cm³/mol. The van der Waals surface area contributed by atoms with Gasteiger partial charge in [0.1, 0.15) is 11.9 Å². The molecule has 22 heavy (non-hydrogen) atoms. The van der Waals surface area contributed by atoms with Gasteiger partial charge in [-0.1, -0.05) is 11.6 Å². The molecule has 1 rings (SSSR count). The molecule has 8 heteroatoms. The predicted octanol–water partition coefficient (Wildman–Crippen LogP) is 2.65. The van der Waals surface area contributed by atoms with Crippen LogP contribution in [0.5, 0.6) is 0 Å². The van der Waals surface area contributed by atoms with Gasteiger partial charge >= 0.3 is 5.97 Å². The average molecular weight is 396 g/mol. The summed E-state index contributed by atoms with van der Waals surface area (Å²) in [6, 6.07) is 1.14. The average Bonchev–Trinajstić information content (AvgIpc) is 2.46. The van der Waals surface area contributed by atoms with E-state index in [1.807, 2.05) is 0 Å². The zero-order valence-electron chi connectivity index (χ0n) is 12.4. The second-order valence-electron chi connectivity index (χ2n) is 4.94. The lowest BCUT2D eigenvalue weighted by Gasteiger charge is -2.26. The summed E-state index contributed by atoms with van der Waals surface area (Å²) in [7, 11) is 1.56. The number of ketones is 1. The van der Waals surface area contributed by atoms with Crippen LogP contribution >= 0.6 is 27.5 Å². The molecule has 0 amide bonds. The minimum atomic E-state index is -1.03. The number of hydrogen-bond acceptors (Lipinski definition) is 4. The largest absolute Gasteiger partial charge is 0.480 e. The highest BCUT2D eigenvalue weighted by Gasteiger charge is 2.23. The summed E-state index contributed by atoms with van der Waals surface area (Å²) in [4.78, 5) is 23.1. The lowest BCUT2D eigenvalue weighted by molar-refractivity contribution is -0.141. The molecule has 0 bridgehead atoms. The monoisotopic (exact) mass is 394 g/mol. The lowest BCUT2D eigenvalue weighted by atomic mass is 10.0. The SMILES string of the molecule is CC(NN(C)C(C)C(=O)Cc1c(F)ccc(Cl)c1Br)C(=O)O. The first-order chi connectivity index (χ1) is 10.1. The number of likely N-dealkylation sites (N-methyl/N-ethyl adjacent to an activating group) is 1. The van der Waals surface area contributed by atoms with E-state index in [9.17, 15) is 14.0 Å². The lowest BCUT2D eigenvalue weighted by Crippen LogP contribution is -2.51. The molecule has 0 aliphatic carbocycles. The van der Waals surface area contributed by atoms with Crippen LogP contribution in [0.2, 0.25) is 5.02 Å². The van der Waals surface area contributed by atoms with E-state index >= 15 is 0 Å². The van der Waals surface area contributed by atoms with Crippen LogP contribution in [0.25, 0.3) is 0 Å². The van der Waals surface area contributed by atoms with Crippen LogP contribution in [-0.2, 0) is 16.0 Å². The molecule has 0 spiro atoms. The van der Waals surface area contributed by atoms with E-state index in [0.717, 1.165) is 0 Å². The number of nitrogens with zero attached hydrogens (tertiary/aromatic N) is 1. The third-order valence-corrected chi connectivity index (χ3v) is 4.75. The van der Waals surface area contributed by atoms with E-state index in [2.05, 4.69) is 21.4 Å². The number of nitrogens with one attached hydrogen (secondary N) is 1. The molecular formula is C14H17BrClFN2O3. The van der Waals surface area contributed by atoms with Crippen molar-refractivity contribution in [3.63, 3.8) is 0 Å². The Bertz CT molecular complexity index is 585. The number of aliphatic carboxylic acids is 1. The number of carbonyl (C=O) groups excluding carboxylic acids is 1. The third-order valence-electron chi connectivity index (χ3n) is 3.30. The van der Waals surface area contributed by atoms with Crippen molar-refractivity contribution < 1.29 is 19.1 Å². The summed E-state index contributed by atoms with van der Waals surface area (Å²) in [6.45, 7) is 3.07. The molecule has 2 unspecified atom stereocenters. The molecule has 122 valence electrons. The number of halogens is 3. The topological polar surface area (TPSA) is 69.6 Å². The molecular weight excluding hydrogens is 379 g/mol. The van der Waals surface area contributed by atoms with Crippen molar-refractivity contribution in [2.45, 2.75) is 32.4 Å². The number of hydrazine groups is 1. The Kier molecular flexibility index (Phi) is 6.93. The Balaban J connectivity index is 2.81. The van der Waals surface area contributed by atoms with Gasteiger partial charge in [0.05, 0.1) is 11.1 Å². The second-order valence-corrected chi connectivity index (χ2v) is 6.14. The first-order valence-corrected chi connectivity index (χ1v) is 7.69. The summed E-state index contributed by atoms with van der Waals surface area (Å²) in [5, 5.41) is 10.6. The molecule has 0 saturated heterocycles. The van der Waals surface area contributed by atoms with Gasteiger partial charge in [0.15, 0.2) is 5.78 Å². The van der Waals surface area contributed by atoms with E-state index in [0.29, 0.717) is 9.50 Å². The molecule has 0 saturated carbocycles. The summed E-state index contributed by atoms with van der Waals surface area (Å²) in [6.07, 6.45) is -0.151. The number of hydrogen-bond donors (Lipinski definition) is 2. The molecule has 2 atom stereocenters. The highest BCUT2D eigenvalue weighted by molar-refractivity contribution is 9.10. The van der Waals surface area contributed by atoms with Gasteiger partial charge in [0.25, 0.3) is 0 Å². The van der Waals surface area contributed by atoms with Gasteiger partial charge in [-0.25, -0.2) is 14.8 Å². The van der Waals surface area contributed by atoms with Crippen LogP contribution in [0.1, 0.15) is 19.4 Å². The Morgan fingerprint density at radius 3 is 2.59 bits per heavy atom. The molecule has 0 aromatic heterocycles. The van der Waals surface area contributed by atoms with Crippen LogP contribution < -0.4 is 5.43 Å². The van der Waals surface area contributed by atoms with E-state index in [4.69, 9.17) is 16.7 Å². The van der Waals surface area contributed by atoms with Gasteiger partial charge in [-0.3, -0.25) is 9.59 Å². The molecule has 0 radical (unpaired) electrons. The van der Waals surface area contributed by atoms with E-state index in [-0.39, 0.29) is 17.8 Å². The Labute approximate surface area is 141 Å². The molecule has 0 aliphatic rings. The minimum absolute atomic E-state index is 0.151. The van der Waals surface area contributed by atoms with Crippen molar-refractivity contribution in [1.82, 2.24) is 10.4 Å². The van der Waals surface area contributed by atoms with Crippen molar-refractivity contribution in [2.24, 2.45) is 0 Å². The fraction of sp³-hybridized carbons (Fsp3) is 0.429. The highest BCUT2D eigenvalue weighted by atomic mass is 79.9. The molecule has 5 nitrogen and oxygen atoms in total. The minimum Gasteiger partial charge on any atom is -0.480 e. The zero-order valence-corrected chi connectivity index (χ0v) is 14.7. The number of rotatable bonds is 7. The Morgan fingerprint density at radius 2 is 2.05 bits per heavy atom. The van der Waals surface area contributed by atoms with E-state index < -0.39 is 23.9 Å². The smallest absolute Gasteiger partial charge is 0.321 e. The van der Waals surface area contributed by atoms with Crippen LogP contribution in [0.3, 0.4) is 0 Å². The molecule has 0 heterocycles. The highest BCUT2D eigenvalue weighted by Crippen LogP contribution is 2.29. The second kappa shape index (κ2) is 8.01. The standard InChI is InChI=1S/C14H17BrClFN2O3/c1-7(14(21)22)18-19(3)8(2)12(20)6-9-11(17)5-4-10(16)13(9)15/h4-5,7-8,18H,6H2,1-3H3,(H,21,22). The third kappa shape index (κ3) is 4.74. The van der Waals surface area contributed by atoms with Gasteiger partial charge < -0.3 is 5.11 Å². The van der Waals surface area contributed by atoms with Crippen LogP contribution in [0.15, 0.2) is 16.6 Å². The van der Waals surface area contributed by atoms with Gasteiger partial charge in [-0.05, 0) is 41.9 Å². The van der Waals surface area contributed by atoms with Crippen molar-refractivity contribution in [3.8, 4) is 0 Å². The molecule has 0 aliphatic heterocycles. The van der Waals surface area contributed by atoms with Gasteiger partial charge in [-0.15, -0.1) is 0 Å². The van der Waals surface area contributed by atoms with Crippen molar-refractivity contribution >= 4 is 39.3 Å². The van der Waals surface area contributed by atoms with E-state index in [1.54, 1.807) is 14.0 Å². The van der Waals surface area contributed by atoms with Crippen molar-refractivity contribution in [3.05, 3.63) is 33.0 Å². The van der Waals surface area contributed by atoms with Crippen molar-refractivity contribution in [1.29, 1.82) is 0 Å². The maximum Gasteiger partial charge on any atom is 0.321 e. The van der Waals surface area contributed by atoms with Crippen molar-refractivity contribution in [2.75, 3.05) is 7.05 Å². The maximum atomic E-state index is 13.8. The van der Waals surface area contributed by atoms with Gasteiger partial charge in [0.2, 0.25) is 0 Å². The summed E-state index contributed by atoms with van der Waals surface area (Å²) in [5.41, 5.74) is 2.85. The van der Waals surface area contributed by atoms with Gasteiger partial charge in [-0.2, -0.15) is 0 Å². The molecule has 1 aromatic carbocycles. The number of carboxylic acids is 1. The van der Waals surface area contributed by atoms with Crippen LogP contribution in [-0.4, -0.2) is 41.0 Å². The Morgan fingerprint density at radius 1 is 1.45 bits per heavy atom.